The predicted molar refractivity (Wildman–Crippen MR) is 46.9 cm³/mol. The van der Waals surface area contributed by atoms with Crippen LogP contribution in [-0.4, -0.2) is 56.8 Å². The van der Waals surface area contributed by atoms with Gasteiger partial charge in [-0.3, -0.25) is 0 Å². The number of rotatable bonds is 5. The molecule has 0 saturated carbocycles. The number of carboxylic acids is 1. The van der Waals surface area contributed by atoms with Gasteiger partial charge in [0.1, 0.15) is 0 Å². The second-order valence-corrected chi connectivity index (χ2v) is 3.12. The number of carboxylic acid groups (broad SMARTS) is 1. The number of hydrogen-bond donors (Lipinski definition) is 4. The lowest BCUT2D eigenvalue weighted by molar-refractivity contribution is -0.180. The van der Waals surface area contributed by atoms with Crippen LogP contribution in [0.5, 0.6) is 0 Å². The minimum absolute atomic E-state index is 1.13. The van der Waals surface area contributed by atoms with Crippen molar-refractivity contribution in [2.75, 3.05) is 0 Å². The van der Waals surface area contributed by atoms with Gasteiger partial charge in [0.05, 0.1) is 12.2 Å². The number of ether oxygens (including phenoxy) is 1. The number of carbonyl (C=O) groups is 2. The van der Waals surface area contributed by atoms with Crippen molar-refractivity contribution in [3.8, 4) is 0 Å². The van der Waals surface area contributed by atoms with Crippen LogP contribution in [0.2, 0.25) is 0 Å². The van der Waals surface area contributed by atoms with Crippen molar-refractivity contribution < 1.29 is 34.8 Å². The van der Waals surface area contributed by atoms with Gasteiger partial charge in [0.25, 0.3) is 0 Å². The molecule has 0 amide bonds. The normalized spacial score (nSPS) is 18.7. The molecule has 0 aromatic heterocycles. The highest BCUT2D eigenvalue weighted by molar-refractivity contribution is 5.80. The fourth-order valence-electron chi connectivity index (χ4n) is 0.747. The van der Waals surface area contributed by atoms with Crippen molar-refractivity contribution in [2.24, 2.45) is 0 Å². The topological polar surface area (TPSA) is 124 Å². The Morgan fingerprint density at radius 1 is 1.07 bits per heavy atom. The Hall–Kier alpha value is -1.18. The summed E-state index contributed by atoms with van der Waals surface area (Å²) in [6, 6.07) is 0. The van der Waals surface area contributed by atoms with E-state index in [1.54, 1.807) is 0 Å². The fraction of sp³-hybridized carbons (Fsp3) is 0.750. The smallest absolute Gasteiger partial charge is 0.347 e. The Morgan fingerprint density at radius 3 is 1.80 bits per heavy atom. The van der Waals surface area contributed by atoms with Crippen molar-refractivity contribution in [1.29, 1.82) is 0 Å². The largest absolute Gasteiger partial charge is 0.478 e. The molecule has 0 fully saturated rings. The van der Waals surface area contributed by atoms with Crippen LogP contribution in [0.1, 0.15) is 13.8 Å². The van der Waals surface area contributed by atoms with Gasteiger partial charge in [-0.1, -0.05) is 0 Å². The molecule has 0 radical (unpaired) electrons. The van der Waals surface area contributed by atoms with Crippen LogP contribution >= 0.6 is 0 Å². The van der Waals surface area contributed by atoms with E-state index in [4.69, 9.17) is 20.4 Å². The molecule has 4 atom stereocenters. The summed E-state index contributed by atoms with van der Waals surface area (Å²) in [6.07, 6.45) is -6.37. The molecule has 0 aliphatic heterocycles. The van der Waals surface area contributed by atoms with Crippen LogP contribution in [0.15, 0.2) is 0 Å². The van der Waals surface area contributed by atoms with E-state index in [2.05, 4.69) is 4.74 Å². The average Bonchev–Trinajstić information content (AvgIpc) is 2.11. The molecule has 7 nitrogen and oxygen atoms in total. The highest BCUT2D eigenvalue weighted by Gasteiger charge is 2.31. The fourth-order valence-corrected chi connectivity index (χ4v) is 0.747. The summed E-state index contributed by atoms with van der Waals surface area (Å²) in [5.41, 5.74) is 0. The molecule has 0 aromatic rings. The third kappa shape index (κ3) is 4.24. The number of aliphatic carboxylic acids is 1. The molecule has 0 saturated heterocycles. The molecular formula is C8H14O7. The molecule has 0 rings (SSSR count). The van der Waals surface area contributed by atoms with Gasteiger partial charge in [0, 0.05) is 0 Å². The van der Waals surface area contributed by atoms with Crippen LogP contribution < -0.4 is 0 Å². The van der Waals surface area contributed by atoms with E-state index in [0.29, 0.717) is 0 Å². The molecule has 15 heavy (non-hydrogen) atoms. The van der Waals surface area contributed by atoms with E-state index < -0.39 is 36.4 Å². The zero-order valence-corrected chi connectivity index (χ0v) is 8.32. The maximum absolute atomic E-state index is 11.0. The second-order valence-electron chi connectivity index (χ2n) is 3.12. The van der Waals surface area contributed by atoms with Crippen LogP contribution in [0.25, 0.3) is 0 Å². The number of carbonyl (C=O) groups excluding carboxylic acids is 1. The Balaban J connectivity index is 4.43. The van der Waals surface area contributed by atoms with Gasteiger partial charge in [-0.15, -0.1) is 0 Å². The highest BCUT2D eigenvalue weighted by atomic mass is 16.6. The highest BCUT2D eigenvalue weighted by Crippen LogP contribution is 2.04. The first-order chi connectivity index (χ1) is 6.77. The maximum Gasteiger partial charge on any atom is 0.347 e. The zero-order chi connectivity index (χ0) is 12.2. The van der Waals surface area contributed by atoms with Crippen molar-refractivity contribution in [1.82, 2.24) is 0 Å². The van der Waals surface area contributed by atoms with Crippen molar-refractivity contribution in [3.63, 3.8) is 0 Å². The van der Waals surface area contributed by atoms with Gasteiger partial charge in [0.15, 0.2) is 6.10 Å². The molecule has 4 N–H and O–H groups in total. The van der Waals surface area contributed by atoms with E-state index in [9.17, 15) is 9.59 Å². The SMILES string of the molecule is CC(O)C(O)C(=O)OC(C(=O)O)C(C)O. The summed E-state index contributed by atoms with van der Waals surface area (Å²) in [7, 11) is 0. The second kappa shape index (κ2) is 5.64. The lowest BCUT2D eigenvalue weighted by atomic mass is 10.2. The molecule has 0 heterocycles. The molecule has 0 bridgehead atoms. The Morgan fingerprint density at radius 2 is 1.53 bits per heavy atom. The lowest BCUT2D eigenvalue weighted by Crippen LogP contribution is -2.42. The molecule has 4 unspecified atom stereocenters. The van der Waals surface area contributed by atoms with Crippen LogP contribution in [0, 0.1) is 0 Å². The standard InChI is InChI=1S/C8H14O7/c1-3(9)5(11)8(14)15-6(4(2)10)7(12)13/h3-6,9-11H,1-2H3,(H,12,13). The van der Waals surface area contributed by atoms with Crippen LogP contribution in [0.4, 0.5) is 0 Å². The van der Waals surface area contributed by atoms with E-state index in [-0.39, 0.29) is 0 Å². The van der Waals surface area contributed by atoms with E-state index >= 15 is 0 Å². The Labute approximate surface area is 85.9 Å². The number of esters is 1. The minimum atomic E-state index is -1.83. The van der Waals surface area contributed by atoms with Gasteiger partial charge < -0.3 is 25.2 Å². The van der Waals surface area contributed by atoms with Gasteiger partial charge in [-0.05, 0) is 13.8 Å². The summed E-state index contributed by atoms with van der Waals surface area (Å²) in [4.78, 5) is 21.5. The number of aliphatic hydroxyl groups excluding tert-OH is 3. The quantitative estimate of drug-likeness (QED) is 0.400. The first-order valence-corrected chi connectivity index (χ1v) is 4.24. The first-order valence-electron chi connectivity index (χ1n) is 4.24. The van der Waals surface area contributed by atoms with Gasteiger partial charge in [-0.25, -0.2) is 9.59 Å². The Kier molecular flexibility index (Phi) is 5.20. The summed E-state index contributed by atoms with van der Waals surface area (Å²) in [5, 5.41) is 35.3. The molecular weight excluding hydrogens is 208 g/mol. The zero-order valence-electron chi connectivity index (χ0n) is 8.32. The predicted octanol–water partition coefficient (Wildman–Crippen LogP) is -1.89. The molecule has 7 heteroatoms. The first kappa shape index (κ1) is 13.8. The third-order valence-electron chi connectivity index (χ3n) is 1.62. The van der Waals surface area contributed by atoms with Gasteiger partial charge >= 0.3 is 11.9 Å². The number of aliphatic hydroxyl groups is 3. The molecule has 0 aromatic carbocycles. The van der Waals surface area contributed by atoms with E-state index in [0.717, 1.165) is 13.8 Å². The van der Waals surface area contributed by atoms with E-state index in [1.165, 1.54) is 0 Å². The monoisotopic (exact) mass is 222 g/mol. The van der Waals surface area contributed by atoms with Crippen molar-refractivity contribution >= 4 is 11.9 Å². The van der Waals surface area contributed by atoms with E-state index in [1.807, 2.05) is 0 Å². The molecule has 0 spiro atoms. The van der Waals surface area contributed by atoms with Crippen LogP contribution in [-0.2, 0) is 14.3 Å². The lowest BCUT2D eigenvalue weighted by Gasteiger charge is -2.19. The summed E-state index contributed by atoms with van der Waals surface area (Å²) in [6.45, 7) is 2.27. The van der Waals surface area contributed by atoms with Crippen molar-refractivity contribution in [3.05, 3.63) is 0 Å². The molecule has 0 aliphatic rings. The summed E-state index contributed by atoms with van der Waals surface area (Å²) in [5.74, 6) is -2.82. The molecule has 88 valence electrons. The van der Waals surface area contributed by atoms with Gasteiger partial charge in [0.2, 0.25) is 6.10 Å². The van der Waals surface area contributed by atoms with Gasteiger partial charge in [-0.2, -0.15) is 0 Å². The maximum atomic E-state index is 11.0. The number of hydrogen-bond acceptors (Lipinski definition) is 6. The van der Waals surface area contributed by atoms with Crippen molar-refractivity contribution in [2.45, 2.75) is 38.3 Å². The van der Waals surface area contributed by atoms with Crippen LogP contribution in [0.3, 0.4) is 0 Å². The Bertz CT molecular complexity index is 235. The molecule has 0 aliphatic carbocycles. The summed E-state index contributed by atoms with van der Waals surface area (Å²) >= 11 is 0. The summed E-state index contributed by atoms with van der Waals surface area (Å²) < 4.78 is 4.30. The third-order valence-corrected chi connectivity index (χ3v) is 1.62. The minimum Gasteiger partial charge on any atom is -0.478 e. The average molecular weight is 222 g/mol.